The molecule has 0 aliphatic carbocycles. The summed E-state index contributed by atoms with van der Waals surface area (Å²) in [5.41, 5.74) is 2.38. The van der Waals surface area contributed by atoms with Crippen LogP contribution in [0.2, 0.25) is 0 Å². The number of esters is 1. The largest absolute Gasteiger partial charge is 0.446 e. The first-order chi connectivity index (χ1) is 14.3. The Balaban J connectivity index is 1.93. The van der Waals surface area contributed by atoms with Gasteiger partial charge in [-0.1, -0.05) is 15.9 Å². The number of amides is 1. The Morgan fingerprint density at radius 1 is 1.13 bits per heavy atom. The Bertz CT molecular complexity index is 971. The molecule has 30 heavy (non-hydrogen) atoms. The third-order valence-corrected chi connectivity index (χ3v) is 5.19. The van der Waals surface area contributed by atoms with Crippen LogP contribution in [0.25, 0.3) is 0 Å². The van der Waals surface area contributed by atoms with Crippen LogP contribution in [0.1, 0.15) is 45.0 Å². The quantitative estimate of drug-likeness (QED) is 0.457. The van der Waals surface area contributed by atoms with E-state index in [0.29, 0.717) is 17.2 Å². The number of benzene rings is 2. The molecule has 1 aliphatic heterocycles. The number of hydrogen-bond donors (Lipinski definition) is 0. The Morgan fingerprint density at radius 2 is 1.80 bits per heavy atom. The number of halogens is 1. The first kappa shape index (κ1) is 21.8. The zero-order chi connectivity index (χ0) is 21.8. The zero-order valence-corrected chi connectivity index (χ0v) is 19.0. The summed E-state index contributed by atoms with van der Waals surface area (Å²) in [5, 5.41) is 5.64. The molecule has 0 radical (unpaired) electrons. The molecule has 0 N–H and O–H groups in total. The molecule has 2 aromatic rings. The summed E-state index contributed by atoms with van der Waals surface area (Å²) < 4.78 is 12.1. The number of ether oxygens (including phenoxy) is 2. The first-order valence-corrected chi connectivity index (χ1v) is 10.5. The Kier molecular flexibility index (Phi) is 6.77. The highest BCUT2D eigenvalue weighted by Crippen LogP contribution is 2.37. The number of hydrazone groups is 1. The standard InChI is InChI=1S/C22H24BrN3O4/c1-5-25(6-2)18-10-7-16(8-11-18)21-24-26(14(3)27)22(30-21)19-13-17(23)9-12-20(19)29-15(4)28/h7-13,22H,5-6H2,1-4H3/t22-/m1/s1. The smallest absolute Gasteiger partial charge is 0.308 e. The monoisotopic (exact) mass is 473 g/mol. The molecule has 0 bridgehead atoms. The van der Waals surface area contributed by atoms with Crippen molar-refractivity contribution in [3.63, 3.8) is 0 Å². The molecule has 1 amide bonds. The van der Waals surface area contributed by atoms with E-state index in [4.69, 9.17) is 9.47 Å². The van der Waals surface area contributed by atoms with Gasteiger partial charge in [-0.15, -0.1) is 5.10 Å². The summed E-state index contributed by atoms with van der Waals surface area (Å²) in [7, 11) is 0. The second-order valence-corrected chi connectivity index (χ2v) is 7.65. The molecule has 1 aliphatic rings. The van der Waals surface area contributed by atoms with E-state index in [2.05, 4.69) is 39.8 Å². The van der Waals surface area contributed by atoms with Crippen molar-refractivity contribution < 1.29 is 19.1 Å². The van der Waals surface area contributed by atoms with Crippen molar-refractivity contribution in [1.29, 1.82) is 0 Å². The zero-order valence-electron chi connectivity index (χ0n) is 17.4. The Hall–Kier alpha value is -2.87. The number of rotatable bonds is 6. The average molecular weight is 474 g/mol. The van der Waals surface area contributed by atoms with Gasteiger partial charge in [-0.05, 0) is 56.3 Å². The van der Waals surface area contributed by atoms with Crippen LogP contribution in [0.3, 0.4) is 0 Å². The minimum absolute atomic E-state index is 0.288. The molecule has 0 fully saturated rings. The molecule has 2 aromatic carbocycles. The SMILES string of the molecule is CCN(CC)c1ccc(C2=NN(C(C)=O)[C@@H](c3cc(Br)ccc3OC(C)=O)O2)cc1. The molecular weight excluding hydrogens is 450 g/mol. The van der Waals surface area contributed by atoms with E-state index in [1.54, 1.807) is 18.2 Å². The highest BCUT2D eigenvalue weighted by Gasteiger charge is 2.35. The average Bonchev–Trinajstić information content (AvgIpc) is 3.16. The molecule has 0 aromatic heterocycles. The summed E-state index contributed by atoms with van der Waals surface area (Å²) in [6.45, 7) is 8.77. The van der Waals surface area contributed by atoms with Gasteiger partial charge in [0.1, 0.15) is 5.75 Å². The number of carbonyl (C=O) groups excluding carboxylic acids is 2. The predicted molar refractivity (Wildman–Crippen MR) is 118 cm³/mol. The van der Waals surface area contributed by atoms with E-state index in [9.17, 15) is 9.59 Å². The van der Waals surface area contributed by atoms with Crippen molar-refractivity contribution in [2.45, 2.75) is 33.9 Å². The van der Waals surface area contributed by atoms with Crippen LogP contribution in [0, 0.1) is 0 Å². The Labute approximate surface area is 184 Å². The fraction of sp³-hybridized carbons (Fsp3) is 0.318. The minimum Gasteiger partial charge on any atom is -0.446 e. The molecule has 0 saturated carbocycles. The van der Waals surface area contributed by atoms with Gasteiger partial charge in [-0.3, -0.25) is 9.59 Å². The molecule has 7 nitrogen and oxygen atoms in total. The van der Waals surface area contributed by atoms with Gasteiger partial charge in [-0.2, -0.15) is 5.01 Å². The fourth-order valence-corrected chi connectivity index (χ4v) is 3.63. The maximum atomic E-state index is 12.3. The van der Waals surface area contributed by atoms with Gasteiger partial charge in [0.05, 0.1) is 5.56 Å². The third kappa shape index (κ3) is 4.64. The van der Waals surface area contributed by atoms with E-state index in [1.165, 1.54) is 18.9 Å². The van der Waals surface area contributed by atoms with Crippen LogP contribution in [0.15, 0.2) is 52.0 Å². The third-order valence-electron chi connectivity index (χ3n) is 4.70. The normalized spacial score (nSPS) is 15.4. The van der Waals surface area contributed by atoms with Crippen LogP contribution in [0.4, 0.5) is 5.69 Å². The number of hydrogen-bond acceptors (Lipinski definition) is 6. The topological polar surface area (TPSA) is 71.4 Å². The lowest BCUT2D eigenvalue weighted by molar-refractivity contribution is -0.135. The molecular formula is C22H24BrN3O4. The van der Waals surface area contributed by atoms with E-state index >= 15 is 0 Å². The van der Waals surface area contributed by atoms with Gasteiger partial charge in [0, 0.05) is 42.7 Å². The molecule has 1 atom stereocenters. The van der Waals surface area contributed by atoms with Crippen molar-refractivity contribution in [3.05, 3.63) is 58.1 Å². The van der Waals surface area contributed by atoms with E-state index in [1.807, 2.05) is 24.3 Å². The predicted octanol–water partition coefficient (Wildman–Crippen LogP) is 4.46. The van der Waals surface area contributed by atoms with Crippen molar-refractivity contribution in [2.24, 2.45) is 5.10 Å². The van der Waals surface area contributed by atoms with Crippen molar-refractivity contribution >= 4 is 39.4 Å². The highest BCUT2D eigenvalue weighted by molar-refractivity contribution is 9.10. The fourth-order valence-electron chi connectivity index (χ4n) is 3.25. The number of carbonyl (C=O) groups is 2. The van der Waals surface area contributed by atoms with Gasteiger partial charge in [0.15, 0.2) is 0 Å². The molecule has 1 heterocycles. The lowest BCUT2D eigenvalue weighted by atomic mass is 10.1. The summed E-state index contributed by atoms with van der Waals surface area (Å²) >= 11 is 3.42. The second kappa shape index (κ2) is 9.30. The van der Waals surface area contributed by atoms with Crippen LogP contribution < -0.4 is 9.64 Å². The number of anilines is 1. The maximum Gasteiger partial charge on any atom is 0.308 e. The molecule has 0 unspecified atom stereocenters. The molecule has 0 saturated heterocycles. The van der Waals surface area contributed by atoms with Crippen LogP contribution in [-0.2, 0) is 14.3 Å². The van der Waals surface area contributed by atoms with Crippen molar-refractivity contribution in [3.8, 4) is 5.75 Å². The first-order valence-electron chi connectivity index (χ1n) is 9.72. The molecule has 0 spiro atoms. The lowest BCUT2D eigenvalue weighted by Gasteiger charge is -2.22. The van der Waals surface area contributed by atoms with Crippen molar-refractivity contribution in [1.82, 2.24) is 5.01 Å². The van der Waals surface area contributed by atoms with E-state index < -0.39 is 12.2 Å². The summed E-state index contributed by atoms with van der Waals surface area (Å²) in [6, 6.07) is 13.0. The van der Waals surface area contributed by atoms with E-state index in [-0.39, 0.29) is 5.91 Å². The molecule has 3 rings (SSSR count). The van der Waals surface area contributed by atoms with Crippen molar-refractivity contribution in [2.75, 3.05) is 18.0 Å². The second-order valence-electron chi connectivity index (χ2n) is 6.73. The van der Waals surface area contributed by atoms with Gasteiger partial charge >= 0.3 is 5.97 Å². The summed E-state index contributed by atoms with van der Waals surface area (Å²) in [6.07, 6.45) is -0.841. The van der Waals surface area contributed by atoms with Crippen LogP contribution in [-0.4, -0.2) is 35.9 Å². The van der Waals surface area contributed by atoms with Gasteiger partial charge in [-0.25, -0.2) is 0 Å². The summed E-state index contributed by atoms with van der Waals surface area (Å²) in [4.78, 5) is 26.0. The lowest BCUT2D eigenvalue weighted by Crippen LogP contribution is -2.26. The highest BCUT2D eigenvalue weighted by atomic mass is 79.9. The van der Waals surface area contributed by atoms with E-state index in [0.717, 1.165) is 28.8 Å². The van der Waals surface area contributed by atoms with Crippen LogP contribution >= 0.6 is 15.9 Å². The Morgan fingerprint density at radius 3 is 2.37 bits per heavy atom. The number of nitrogens with zero attached hydrogens (tertiary/aromatic N) is 3. The molecule has 8 heteroatoms. The summed E-state index contributed by atoms with van der Waals surface area (Å²) in [5.74, 6) is -0.104. The maximum absolute atomic E-state index is 12.3. The van der Waals surface area contributed by atoms with Gasteiger partial charge in [0.25, 0.3) is 0 Å². The van der Waals surface area contributed by atoms with Crippen LogP contribution in [0.5, 0.6) is 5.75 Å². The molecule has 158 valence electrons. The minimum atomic E-state index is -0.841. The van der Waals surface area contributed by atoms with Gasteiger partial charge in [0.2, 0.25) is 18.0 Å². The van der Waals surface area contributed by atoms with Gasteiger partial charge < -0.3 is 14.4 Å².